The number of anilines is 1. The van der Waals surface area contributed by atoms with Crippen molar-refractivity contribution >= 4 is 23.5 Å². The molecule has 0 saturated carbocycles. The molecule has 0 aromatic heterocycles. The van der Waals surface area contributed by atoms with E-state index in [9.17, 15) is 19.5 Å². The average molecular weight is 553 g/mol. The Kier molecular flexibility index (Phi) is 8.35. The van der Waals surface area contributed by atoms with E-state index < -0.39 is 41.1 Å². The fraction of sp³-hybridized carbons (Fsp3) is 0.594. The normalized spacial score (nSPS) is 31.3. The molecular weight excluding hydrogens is 508 g/mol. The quantitative estimate of drug-likeness (QED) is 0.330. The highest BCUT2D eigenvalue weighted by molar-refractivity contribution is 6.05. The van der Waals surface area contributed by atoms with E-state index in [1.54, 1.807) is 15.9 Å². The summed E-state index contributed by atoms with van der Waals surface area (Å²) in [5.41, 5.74) is 0.431. The van der Waals surface area contributed by atoms with Crippen LogP contribution in [0.25, 0.3) is 0 Å². The molecule has 0 aliphatic carbocycles. The monoisotopic (exact) mass is 552 g/mol. The maximum atomic E-state index is 14.8. The van der Waals surface area contributed by atoms with Gasteiger partial charge in [-0.1, -0.05) is 51.6 Å². The fourth-order valence-electron chi connectivity index (χ4n) is 7.35. The summed E-state index contributed by atoms with van der Waals surface area (Å²) >= 11 is 0. The Hall–Kier alpha value is -2.97. The number of carbonyl (C=O) groups is 3. The zero-order valence-electron chi connectivity index (χ0n) is 24.7. The molecule has 1 aromatic rings. The number of hydrogen-bond acceptors (Lipinski definition) is 6. The van der Waals surface area contributed by atoms with Crippen molar-refractivity contribution in [2.45, 2.75) is 77.7 Å². The first-order chi connectivity index (χ1) is 18.9. The van der Waals surface area contributed by atoms with Crippen LogP contribution in [-0.4, -0.2) is 70.8 Å². The molecule has 3 aliphatic rings. The average Bonchev–Trinajstić information content (AvgIpc) is 3.42. The molecular formula is C32H44N2O6. The van der Waals surface area contributed by atoms with Crippen LogP contribution < -0.4 is 4.90 Å². The maximum Gasteiger partial charge on any atom is 0.313 e. The summed E-state index contributed by atoms with van der Waals surface area (Å²) in [6, 6.07) is 4.28. The third kappa shape index (κ3) is 4.59. The number of likely N-dealkylation sites (tertiary alicyclic amines) is 1. The van der Waals surface area contributed by atoms with E-state index in [0.29, 0.717) is 12.8 Å². The maximum absolute atomic E-state index is 14.8. The summed E-state index contributed by atoms with van der Waals surface area (Å²) < 4.78 is 12.3. The fourth-order valence-corrected chi connectivity index (χ4v) is 7.35. The number of ether oxygens (including phenoxy) is 2. The van der Waals surface area contributed by atoms with Crippen LogP contribution in [-0.2, 0) is 23.9 Å². The number of amides is 2. The number of fused-ring (bicyclic) bond motifs is 1. The zero-order chi connectivity index (χ0) is 29.6. The van der Waals surface area contributed by atoms with Crippen molar-refractivity contribution in [1.29, 1.82) is 0 Å². The molecule has 1 N–H and O–H groups in total. The highest BCUT2D eigenvalue weighted by atomic mass is 16.6. The Morgan fingerprint density at radius 1 is 1.27 bits per heavy atom. The van der Waals surface area contributed by atoms with E-state index in [-0.39, 0.29) is 43.4 Å². The molecule has 7 atom stereocenters. The molecule has 8 heteroatoms. The van der Waals surface area contributed by atoms with E-state index in [4.69, 9.17) is 9.47 Å². The van der Waals surface area contributed by atoms with E-state index >= 15 is 0 Å². The summed E-state index contributed by atoms with van der Waals surface area (Å²) in [6.45, 7) is 19.3. The zero-order valence-corrected chi connectivity index (χ0v) is 24.7. The van der Waals surface area contributed by atoms with Gasteiger partial charge in [0.15, 0.2) is 0 Å². The van der Waals surface area contributed by atoms with Crippen molar-refractivity contribution in [3.8, 4) is 0 Å². The Bertz CT molecular complexity index is 1200. The Morgan fingerprint density at radius 3 is 2.58 bits per heavy atom. The van der Waals surface area contributed by atoms with Gasteiger partial charge in [0, 0.05) is 12.2 Å². The Morgan fingerprint density at radius 2 is 1.98 bits per heavy atom. The SMILES string of the molecule is C=CCOC(=O)[C@H]1[C@H]2C(=O)N([C@@H](CO)CC(C)C)C(C(=O)N(CC=C)c3cc(C)ccc3C)C23CC(C)[C@]1(C)O3. The lowest BCUT2D eigenvalue weighted by Gasteiger charge is -2.40. The summed E-state index contributed by atoms with van der Waals surface area (Å²) in [5, 5.41) is 10.5. The van der Waals surface area contributed by atoms with Gasteiger partial charge >= 0.3 is 5.97 Å². The van der Waals surface area contributed by atoms with E-state index in [0.717, 1.165) is 16.8 Å². The van der Waals surface area contributed by atoms with E-state index in [2.05, 4.69) is 13.2 Å². The second-order valence-corrected chi connectivity index (χ2v) is 12.4. The van der Waals surface area contributed by atoms with Gasteiger partial charge in [-0.15, -0.1) is 6.58 Å². The largest absolute Gasteiger partial charge is 0.461 e. The van der Waals surface area contributed by atoms with Gasteiger partial charge in [-0.05, 0) is 62.6 Å². The highest BCUT2D eigenvalue weighted by Gasteiger charge is 2.80. The van der Waals surface area contributed by atoms with Gasteiger partial charge in [0.1, 0.15) is 24.2 Å². The molecule has 8 nitrogen and oxygen atoms in total. The van der Waals surface area contributed by atoms with E-state index in [1.165, 1.54) is 6.08 Å². The third-order valence-electron chi connectivity index (χ3n) is 9.16. The minimum absolute atomic E-state index is 0.0200. The predicted molar refractivity (Wildman–Crippen MR) is 154 cm³/mol. The Balaban J connectivity index is 1.90. The van der Waals surface area contributed by atoms with Crippen molar-refractivity contribution in [2.75, 3.05) is 24.7 Å². The van der Waals surface area contributed by atoms with Crippen LogP contribution in [0.15, 0.2) is 43.5 Å². The van der Waals surface area contributed by atoms with E-state index in [1.807, 2.05) is 59.7 Å². The van der Waals surface area contributed by atoms with Gasteiger partial charge in [0.05, 0.1) is 24.2 Å². The third-order valence-corrected chi connectivity index (χ3v) is 9.16. The molecule has 2 amide bonds. The van der Waals surface area contributed by atoms with Crippen molar-refractivity contribution < 1.29 is 29.0 Å². The standard InChI is InChI=1S/C32H44N2O6/c1-9-13-33(24-16-20(5)11-12-21(24)6)29(37)27-32-17-22(7)31(8,40-32)26(30(38)39-14-10-2)25(32)28(36)34(27)23(18-35)15-19(3)4/h9-12,16,19,22-23,25-27,35H,1-2,13-15,17-18H2,3-8H3/t22?,23-,25+,26-,27?,31+,32?/m1/s1. The molecule has 3 saturated heterocycles. The van der Waals surface area contributed by atoms with Gasteiger partial charge in [0.25, 0.3) is 5.91 Å². The second kappa shape index (κ2) is 11.1. The predicted octanol–water partition coefficient (Wildman–Crippen LogP) is 3.97. The first kappa shape index (κ1) is 30.0. The number of nitrogens with zero attached hydrogens (tertiary/aromatic N) is 2. The van der Waals surface area contributed by atoms with Crippen LogP contribution in [0.4, 0.5) is 5.69 Å². The summed E-state index contributed by atoms with van der Waals surface area (Å²) in [6.07, 6.45) is 4.09. The number of carbonyl (C=O) groups excluding carboxylic acids is 3. The number of aryl methyl sites for hydroxylation is 2. The minimum Gasteiger partial charge on any atom is -0.461 e. The molecule has 4 rings (SSSR count). The lowest BCUT2D eigenvalue weighted by molar-refractivity contribution is -0.161. The number of hydrogen-bond donors (Lipinski definition) is 1. The first-order valence-electron chi connectivity index (χ1n) is 14.3. The van der Waals surface area contributed by atoms with Crippen LogP contribution in [0.3, 0.4) is 0 Å². The molecule has 218 valence electrons. The number of aliphatic hydroxyl groups is 1. The summed E-state index contributed by atoms with van der Waals surface area (Å²) in [5.74, 6) is -2.90. The number of aliphatic hydroxyl groups excluding tert-OH is 1. The van der Waals surface area contributed by atoms with Crippen LogP contribution >= 0.6 is 0 Å². The molecule has 1 aromatic carbocycles. The number of benzene rings is 1. The molecule has 2 bridgehead atoms. The summed E-state index contributed by atoms with van der Waals surface area (Å²) in [7, 11) is 0. The Labute approximate surface area is 238 Å². The van der Waals surface area contributed by atoms with Gasteiger partial charge in [-0.3, -0.25) is 14.4 Å². The van der Waals surface area contributed by atoms with Gasteiger partial charge < -0.3 is 24.4 Å². The number of esters is 1. The lowest BCUT2D eigenvalue weighted by Crippen LogP contribution is -2.59. The lowest BCUT2D eigenvalue weighted by atomic mass is 9.62. The van der Waals surface area contributed by atoms with Crippen molar-refractivity contribution in [3.63, 3.8) is 0 Å². The van der Waals surface area contributed by atoms with Gasteiger partial charge in [-0.25, -0.2) is 0 Å². The molecule has 1 spiro atoms. The van der Waals surface area contributed by atoms with Crippen LogP contribution in [0.2, 0.25) is 0 Å². The molecule has 40 heavy (non-hydrogen) atoms. The minimum atomic E-state index is -1.23. The molecule has 3 unspecified atom stereocenters. The van der Waals surface area contributed by atoms with Crippen molar-refractivity contribution in [1.82, 2.24) is 4.90 Å². The molecule has 3 heterocycles. The molecule has 3 fully saturated rings. The summed E-state index contributed by atoms with van der Waals surface area (Å²) in [4.78, 5) is 46.0. The van der Waals surface area contributed by atoms with Crippen LogP contribution in [0, 0.1) is 37.5 Å². The first-order valence-corrected chi connectivity index (χ1v) is 14.3. The van der Waals surface area contributed by atoms with Crippen molar-refractivity contribution in [2.24, 2.45) is 23.7 Å². The van der Waals surface area contributed by atoms with Gasteiger partial charge in [-0.2, -0.15) is 0 Å². The second-order valence-electron chi connectivity index (χ2n) is 12.4. The van der Waals surface area contributed by atoms with Crippen LogP contribution in [0.5, 0.6) is 0 Å². The topological polar surface area (TPSA) is 96.4 Å². The number of rotatable bonds is 11. The molecule has 3 aliphatic heterocycles. The van der Waals surface area contributed by atoms with Gasteiger partial charge in [0.2, 0.25) is 5.91 Å². The van der Waals surface area contributed by atoms with Crippen molar-refractivity contribution in [3.05, 3.63) is 54.6 Å². The smallest absolute Gasteiger partial charge is 0.313 e. The van der Waals surface area contributed by atoms with Crippen LogP contribution in [0.1, 0.15) is 51.7 Å². The molecule has 0 radical (unpaired) electrons. The highest BCUT2D eigenvalue weighted by Crippen LogP contribution is 2.65.